The zero-order chi connectivity index (χ0) is 23.4. The molecule has 0 aliphatic heterocycles. The summed E-state index contributed by atoms with van der Waals surface area (Å²) < 4.78 is 48.0. The number of halogens is 4. The van der Waals surface area contributed by atoms with Crippen molar-refractivity contribution in [2.24, 2.45) is 5.73 Å². The number of nitrogens with one attached hydrogen (secondary N) is 1. The van der Waals surface area contributed by atoms with Gasteiger partial charge in [0.05, 0.1) is 12.2 Å². The lowest BCUT2D eigenvalue weighted by atomic mass is 10.1. The molecule has 0 fully saturated rings. The maximum atomic E-state index is 14.5. The normalized spacial score (nSPS) is 10.9. The van der Waals surface area contributed by atoms with Crippen molar-refractivity contribution in [3.8, 4) is 11.4 Å². The lowest BCUT2D eigenvalue weighted by molar-refractivity contribution is -0.117. The second-order valence-corrected chi connectivity index (χ2v) is 7.36. The summed E-state index contributed by atoms with van der Waals surface area (Å²) in [4.78, 5) is 23.7. The van der Waals surface area contributed by atoms with Gasteiger partial charge in [-0.15, -0.1) is 0 Å². The molecule has 1 heterocycles. The summed E-state index contributed by atoms with van der Waals surface area (Å²) in [6.07, 6.45) is 0. The molecule has 0 aliphatic rings. The molecule has 3 aromatic rings. The molecule has 0 saturated heterocycles. The van der Waals surface area contributed by atoms with Gasteiger partial charge in [-0.2, -0.15) is 0 Å². The second-order valence-electron chi connectivity index (χ2n) is 6.98. The van der Waals surface area contributed by atoms with Crippen LogP contribution >= 0.6 is 11.6 Å². The molecule has 2 aromatic carbocycles. The van der Waals surface area contributed by atoms with Crippen LogP contribution < -0.4 is 21.3 Å². The number of primary amides is 1. The van der Waals surface area contributed by atoms with Crippen LogP contribution in [-0.2, 0) is 17.9 Å². The quantitative estimate of drug-likeness (QED) is 0.534. The number of aryl methyl sites for hydroxylation is 1. The second kappa shape index (κ2) is 9.88. The number of benzene rings is 2. The number of rotatable bonds is 8. The monoisotopic (exact) mass is 465 g/mol. The van der Waals surface area contributed by atoms with E-state index in [0.717, 1.165) is 16.7 Å². The Morgan fingerprint density at radius 3 is 2.56 bits per heavy atom. The summed E-state index contributed by atoms with van der Waals surface area (Å²) in [7, 11) is 0. The summed E-state index contributed by atoms with van der Waals surface area (Å²) in [5.74, 6) is -2.74. The molecule has 0 aliphatic carbocycles. The summed E-state index contributed by atoms with van der Waals surface area (Å²) in [5.41, 5.74) is 5.30. The number of nitrogens with two attached hydrogens (primary N) is 1. The van der Waals surface area contributed by atoms with E-state index in [1.54, 1.807) is 6.92 Å². The van der Waals surface area contributed by atoms with Crippen molar-refractivity contribution >= 4 is 17.5 Å². The van der Waals surface area contributed by atoms with Crippen molar-refractivity contribution in [1.29, 1.82) is 0 Å². The van der Waals surface area contributed by atoms with Gasteiger partial charge in [-0.05, 0) is 36.8 Å². The predicted octanol–water partition coefficient (Wildman–Crippen LogP) is 3.37. The maximum absolute atomic E-state index is 14.5. The summed E-state index contributed by atoms with van der Waals surface area (Å²) in [5, 5.41) is 2.48. The van der Waals surface area contributed by atoms with E-state index in [1.807, 2.05) is 0 Å². The largest absolute Gasteiger partial charge is 0.487 e. The van der Waals surface area contributed by atoms with E-state index >= 15 is 0 Å². The van der Waals surface area contributed by atoms with Gasteiger partial charge in [-0.25, -0.2) is 13.2 Å². The van der Waals surface area contributed by atoms with Crippen LogP contribution in [0.25, 0.3) is 5.69 Å². The topological polar surface area (TPSA) is 86.3 Å². The maximum Gasteiger partial charge on any atom is 0.277 e. The zero-order valence-corrected chi connectivity index (χ0v) is 17.7. The lowest BCUT2D eigenvalue weighted by Gasteiger charge is -2.16. The number of carbonyl (C=O) groups is 1. The highest BCUT2D eigenvalue weighted by molar-refractivity contribution is 6.31. The van der Waals surface area contributed by atoms with Gasteiger partial charge in [0.1, 0.15) is 34.8 Å². The Hall–Kier alpha value is -3.30. The molecule has 168 valence electrons. The van der Waals surface area contributed by atoms with E-state index in [4.69, 9.17) is 22.1 Å². The van der Waals surface area contributed by atoms with Crippen molar-refractivity contribution in [2.75, 3.05) is 6.54 Å². The molecule has 0 unspecified atom stereocenters. The Balaban J connectivity index is 1.90. The molecule has 0 radical (unpaired) electrons. The first-order chi connectivity index (χ1) is 15.2. The van der Waals surface area contributed by atoms with Crippen LogP contribution in [0, 0.1) is 24.4 Å². The predicted molar refractivity (Wildman–Crippen MR) is 113 cm³/mol. The SMILES string of the molecule is Cc1cc(OCc2ccc(F)cc2F)c(Cl)c(=O)n1-c1cc(CNCC(N)=O)ccc1F. The molecule has 6 nitrogen and oxygen atoms in total. The molecule has 0 bridgehead atoms. The number of ether oxygens (including phenoxy) is 1. The Morgan fingerprint density at radius 1 is 1.12 bits per heavy atom. The van der Waals surface area contributed by atoms with Crippen LogP contribution in [0.2, 0.25) is 5.02 Å². The Morgan fingerprint density at radius 2 is 1.88 bits per heavy atom. The minimum Gasteiger partial charge on any atom is -0.487 e. The highest BCUT2D eigenvalue weighted by Gasteiger charge is 2.17. The number of nitrogens with zero attached hydrogens (tertiary/aromatic N) is 1. The average Bonchev–Trinajstić information content (AvgIpc) is 2.72. The van der Waals surface area contributed by atoms with Gasteiger partial charge >= 0.3 is 0 Å². The molecule has 0 atom stereocenters. The van der Waals surface area contributed by atoms with Crippen LogP contribution in [0.15, 0.2) is 47.3 Å². The highest BCUT2D eigenvalue weighted by atomic mass is 35.5. The number of pyridine rings is 1. The van der Waals surface area contributed by atoms with Crippen molar-refractivity contribution in [1.82, 2.24) is 9.88 Å². The van der Waals surface area contributed by atoms with E-state index in [1.165, 1.54) is 30.3 Å². The highest BCUT2D eigenvalue weighted by Crippen LogP contribution is 2.26. The minimum absolute atomic E-state index is 0.0196. The third kappa shape index (κ3) is 5.30. The first-order valence-corrected chi connectivity index (χ1v) is 9.82. The van der Waals surface area contributed by atoms with Gasteiger partial charge in [-0.3, -0.25) is 14.2 Å². The van der Waals surface area contributed by atoms with Crippen molar-refractivity contribution in [3.63, 3.8) is 0 Å². The molecule has 1 amide bonds. The van der Waals surface area contributed by atoms with Gasteiger partial charge in [0.2, 0.25) is 5.91 Å². The van der Waals surface area contributed by atoms with Crippen LogP contribution in [0.3, 0.4) is 0 Å². The Kier molecular flexibility index (Phi) is 7.22. The van der Waals surface area contributed by atoms with Gasteiger partial charge in [0, 0.05) is 29.9 Å². The number of carbonyl (C=O) groups excluding carboxylic acids is 1. The smallest absolute Gasteiger partial charge is 0.277 e. The standard InChI is InChI=1S/C22H19ClF3N3O3/c1-12-6-19(32-11-14-3-4-15(24)8-17(14)26)21(23)22(31)29(12)18-7-13(2-5-16(18)25)9-28-10-20(27)30/h2-8,28H,9-11H2,1H3,(H2,27,30). The lowest BCUT2D eigenvalue weighted by Crippen LogP contribution is -2.28. The van der Waals surface area contributed by atoms with E-state index in [2.05, 4.69) is 5.32 Å². The fraction of sp³-hybridized carbons (Fsp3) is 0.182. The summed E-state index contributed by atoms with van der Waals surface area (Å²) in [6, 6.07) is 8.59. The summed E-state index contributed by atoms with van der Waals surface area (Å²) in [6.45, 7) is 1.44. The molecule has 0 spiro atoms. The molecule has 0 saturated carbocycles. The number of aromatic nitrogens is 1. The molecular weight excluding hydrogens is 447 g/mol. The van der Waals surface area contributed by atoms with E-state index in [9.17, 15) is 22.8 Å². The minimum atomic E-state index is -0.796. The number of amides is 1. The molecular formula is C22H19ClF3N3O3. The molecule has 10 heteroatoms. The van der Waals surface area contributed by atoms with Gasteiger partial charge < -0.3 is 15.8 Å². The fourth-order valence-electron chi connectivity index (χ4n) is 3.05. The first kappa shape index (κ1) is 23.4. The molecule has 32 heavy (non-hydrogen) atoms. The van der Waals surface area contributed by atoms with E-state index < -0.39 is 28.9 Å². The zero-order valence-electron chi connectivity index (χ0n) is 16.9. The molecule has 3 rings (SSSR count). The average molecular weight is 466 g/mol. The van der Waals surface area contributed by atoms with Crippen molar-refractivity contribution < 1.29 is 22.7 Å². The first-order valence-electron chi connectivity index (χ1n) is 9.44. The number of hydrogen-bond donors (Lipinski definition) is 2. The van der Waals surface area contributed by atoms with Gasteiger partial charge in [-0.1, -0.05) is 17.7 Å². The van der Waals surface area contributed by atoms with Crippen molar-refractivity contribution in [2.45, 2.75) is 20.1 Å². The van der Waals surface area contributed by atoms with Crippen LogP contribution in [0.5, 0.6) is 5.75 Å². The van der Waals surface area contributed by atoms with Crippen LogP contribution in [0.1, 0.15) is 16.8 Å². The van der Waals surface area contributed by atoms with Crippen LogP contribution in [-0.4, -0.2) is 17.0 Å². The molecule has 3 N–H and O–H groups in total. The third-order valence-corrected chi connectivity index (χ3v) is 4.93. The van der Waals surface area contributed by atoms with Crippen molar-refractivity contribution in [3.05, 3.63) is 92.1 Å². The fourth-order valence-corrected chi connectivity index (χ4v) is 3.24. The van der Waals surface area contributed by atoms with E-state index in [-0.39, 0.29) is 41.7 Å². The summed E-state index contributed by atoms with van der Waals surface area (Å²) >= 11 is 6.16. The van der Waals surface area contributed by atoms with Crippen LogP contribution in [0.4, 0.5) is 13.2 Å². The Labute approximate surface area is 186 Å². The molecule has 1 aromatic heterocycles. The van der Waals surface area contributed by atoms with E-state index in [0.29, 0.717) is 11.3 Å². The third-order valence-electron chi connectivity index (χ3n) is 4.58. The number of hydrogen-bond acceptors (Lipinski definition) is 4. The van der Waals surface area contributed by atoms with Gasteiger partial charge in [0.25, 0.3) is 5.56 Å². The van der Waals surface area contributed by atoms with Gasteiger partial charge in [0.15, 0.2) is 0 Å². The Bertz CT molecular complexity index is 1230.